The smallest absolute Gasteiger partial charge is 0.272 e. The minimum Gasteiger partial charge on any atom is -0.361 e. The Kier molecular flexibility index (Phi) is 4.79. The van der Waals surface area contributed by atoms with E-state index in [2.05, 4.69) is 40.2 Å². The zero-order valence-electron chi connectivity index (χ0n) is 18.2. The fourth-order valence-electron chi connectivity index (χ4n) is 4.88. The van der Waals surface area contributed by atoms with Crippen LogP contribution in [-0.4, -0.2) is 42.2 Å². The predicted octanol–water partition coefficient (Wildman–Crippen LogP) is 4.51. The van der Waals surface area contributed by atoms with Gasteiger partial charge in [-0.3, -0.25) is 9.69 Å². The van der Waals surface area contributed by atoms with Crippen LogP contribution in [-0.2, 0) is 18.0 Å². The van der Waals surface area contributed by atoms with Crippen LogP contribution in [0.4, 0.5) is 0 Å². The number of H-pyrrole nitrogens is 1. The van der Waals surface area contributed by atoms with E-state index in [1.165, 1.54) is 56.5 Å². The highest BCUT2D eigenvalue weighted by molar-refractivity contribution is 6.76. The Balaban J connectivity index is 1.44. The second kappa shape index (κ2) is 7.10. The molecule has 1 aliphatic heterocycles. The van der Waals surface area contributed by atoms with E-state index < -0.39 is 8.07 Å². The first-order valence-electron chi connectivity index (χ1n) is 11.4. The fraction of sp³-hybridized carbons (Fsp3) is 0.696. The maximum Gasteiger partial charge on any atom is 0.272 e. The molecular formula is C23H35N3O2Si. The largest absolute Gasteiger partial charge is 0.361 e. The van der Waals surface area contributed by atoms with Crippen LogP contribution in [0, 0.1) is 5.41 Å². The van der Waals surface area contributed by atoms with Crippen molar-refractivity contribution in [1.29, 1.82) is 0 Å². The molecule has 3 aliphatic rings. The molecule has 0 atom stereocenters. The second-order valence-electron chi connectivity index (χ2n) is 11.0. The van der Waals surface area contributed by atoms with Gasteiger partial charge >= 0.3 is 0 Å². The number of fused-ring (bicyclic) bond motifs is 1. The molecule has 0 unspecified atom stereocenters. The number of nitrogens with one attached hydrogen (secondary N) is 1. The summed E-state index contributed by atoms with van der Waals surface area (Å²) in [6, 6.07) is 3.44. The summed E-state index contributed by atoms with van der Waals surface area (Å²) in [7, 11) is -1.12. The molecule has 2 aromatic heterocycles. The summed E-state index contributed by atoms with van der Waals surface area (Å²) in [6.45, 7) is 11.7. The first-order valence-corrected chi connectivity index (χ1v) is 15.1. The monoisotopic (exact) mass is 413 g/mol. The highest BCUT2D eigenvalue weighted by Crippen LogP contribution is 2.53. The SMILES string of the molecule is C[Si](C)(C)CCOCn1c(CN2CCC3(CC3)C2)cc2c(C3CC3)c[nH]c(=O)c21. The van der Waals surface area contributed by atoms with Crippen molar-refractivity contribution in [3.8, 4) is 0 Å². The molecule has 1 N–H and O–H groups in total. The lowest BCUT2D eigenvalue weighted by atomic mass is 10.1. The number of aromatic nitrogens is 2. The van der Waals surface area contributed by atoms with Crippen molar-refractivity contribution in [2.24, 2.45) is 5.41 Å². The molecule has 3 heterocycles. The van der Waals surface area contributed by atoms with Crippen molar-refractivity contribution in [2.75, 3.05) is 19.7 Å². The van der Waals surface area contributed by atoms with Gasteiger partial charge in [-0.05, 0) is 67.7 Å². The van der Waals surface area contributed by atoms with E-state index in [0.29, 0.717) is 18.1 Å². The number of hydrogen-bond acceptors (Lipinski definition) is 3. The molecule has 6 heteroatoms. The van der Waals surface area contributed by atoms with Gasteiger partial charge in [0.25, 0.3) is 5.56 Å². The minimum absolute atomic E-state index is 0.0181. The van der Waals surface area contributed by atoms with Crippen molar-refractivity contribution in [3.05, 3.63) is 33.9 Å². The van der Waals surface area contributed by atoms with E-state index in [0.717, 1.165) is 30.1 Å². The van der Waals surface area contributed by atoms with Gasteiger partial charge in [0.2, 0.25) is 0 Å². The summed E-state index contributed by atoms with van der Waals surface area (Å²) in [6.07, 6.45) is 8.58. The average Bonchev–Trinajstić information content (AvgIpc) is 3.54. The van der Waals surface area contributed by atoms with Crippen molar-refractivity contribution in [1.82, 2.24) is 14.5 Å². The minimum atomic E-state index is -1.12. The van der Waals surface area contributed by atoms with Crippen molar-refractivity contribution in [3.63, 3.8) is 0 Å². The van der Waals surface area contributed by atoms with E-state index in [1.54, 1.807) is 0 Å². The van der Waals surface area contributed by atoms with Crippen molar-refractivity contribution in [2.45, 2.75) is 77.0 Å². The topological polar surface area (TPSA) is 50.3 Å². The Morgan fingerprint density at radius 3 is 2.69 bits per heavy atom. The van der Waals surface area contributed by atoms with E-state index >= 15 is 0 Å². The van der Waals surface area contributed by atoms with Gasteiger partial charge < -0.3 is 14.3 Å². The molecule has 2 aliphatic carbocycles. The molecule has 5 nitrogen and oxygen atoms in total. The first-order chi connectivity index (χ1) is 13.8. The lowest BCUT2D eigenvalue weighted by Crippen LogP contribution is -2.24. The Morgan fingerprint density at radius 1 is 1.24 bits per heavy atom. The van der Waals surface area contributed by atoms with E-state index in [4.69, 9.17) is 4.74 Å². The number of hydrogen-bond donors (Lipinski definition) is 1. The average molecular weight is 414 g/mol. The number of ether oxygens (including phenoxy) is 1. The number of pyridine rings is 1. The number of aromatic amines is 1. The molecule has 1 saturated heterocycles. The Bertz CT molecular complexity index is 963. The Morgan fingerprint density at radius 2 is 2.03 bits per heavy atom. The van der Waals surface area contributed by atoms with Crippen LogP contribution >= 0.6 is 0 Å². The maximum atomic E-state index is 12.8. The third-order valence-corrected chi connectivity index (χ3v) is 8.87. The summed E-state index contributed by atoms with van der Waals surface area (Å²) >= 11 is 0. The molecule has 0 radical (unpaired) electrons. The molecule has 2 aromatic rings. The van der Waals surface area contributed by atoms with Crippen LogP contribution in [0.15, 0.2) is 17.1 Å². The molecule has 0 amide bonds. The lowest BCUT2D eigenvalue weighted by Gasteiger charge is -2.19. The Labute approximate surface area is 174 Å². The summed E-state index contributed by atoms with van der Waals surface area (Å²) in [5.74, 6) is 0.618. The normalized spacial score (nSPS) is 21.5. The molecule has 5 rings (SSSR count). The fourth-order valence-corrected chi connectivity index (χ4v) is 5.63. The summed E-state index contributed by atoms with van der Waals surface area (Å²) in [4.78, 5) is 18.4. The van der Waals surface area contributed by atoms with Gasteiger partial charge in [-0.15, -0.1) is 0 Å². The number of rotatable bonds is 8. The molecule has 158 valence electrons. The van der Waals surface area contributed by atoms with Crippen LogP contribution in [0.5, 0.6) is 0 Å². The third kappa shape index (κ3) is 4.12. The molecule has 0 aromatic carbocycles. The zero-order valence-corrected chi connectivity index (χ0v) is 19.2. The van der Waals surface area contributed by atoms with Gasteiger partial charge in [0, 0.05) is 45.0 Å². The summed E-state index contributed by atoms with van der Waals surface area (Å²) in [5.41, 5.74) is 4.02. The standard InChI is InChI=1S/C23H35N3O2Si/c1-29(2,3)11-10-28-16-26-18(14-25-9-8-23(15-25)6-7-23)12-19-20(17-4-5-17)13-24-22(27)21(19)26/h12-13,17H,4-11,14-16H2,1-3H3,(H,24,27). The van der Waals surface area contributed by atoms with Crippen LogP contribution in [0.3, 0.4) is 0 Å². The summed E-state index contributed by atoms with van der Waals surface area (Å²) < 4.78 is 8.29. The van der Waals surface area contributed by atoms with Crippen molar-refractivity contribution < 1.29 is 4.74 Å². The molecule has 3 fully saturated rings. The summed E-state index contributed by atoms with van der Waals surface area (Å²) in [5, 5.41) is 1.15. The van der Waals surface area contributed by atoms with Gasteiger partial charge in [-0.2, -0.15) is 0 Å². The molecule has 29 heavy (non-hydrogen) atoms. The second-order valence-corrected chi connectivity index (χ2v) is 16.6. The van der Waals surface area contributed by atoms with Crippen LogP contribution in [0.1, 0.15) is 49.3 Å². The van der Waals surface area contributed by atoms with Gasteiger partial charge in [0.15, 0.2) is 0 Å². The van der Waals surface area contributed by atoms with Crippen molar-refractivity contribution >= 4 is 19.0 Å². The molecular weight excluding hydrogens is 378 g/mol. The van der Waals surface area contributed by atoms with Gasteiger partial charge in [-0.1, -0.05) is 19.6 Å². The van der Waals surface area contributed by atoms with Crippen LogP contribution in [0.25, 0.3) is 10.9 Å². The predicted molar refractivity (Wildman–Crippen MR) is 120 cm³/mol. The Hall–Kier alpha value is -1.37. The van der Waals surface area contributed by atoms with Crippen LogP contribution in [0.2, 0.25) is 25.7 Å². The lowest BCUT2D eigenvalue weighted by molar-refractivity contribution is 0.0867. The van der Waals surface area contributed by atoms with Gasteiger partial charge in [-0.25, -0.2) is 0 Å². The van der Waals surface area contributed by atoms with Gasteiger partial charge in [0.05, 0.1) is 0 Å². The van der Waals surface area contributed by atoms with E-state index in [9.17, 15) is 4.79 Å². The number of likely N-dealkylation sites (tertiary alicyclic amines) is 1. The van der Waals surface area contributed by atoms with Gasteiger partial charge in [0.1, 0.15) is 12.2 Å². The molecule has 2 saturated carbocycles. The van der Waals surface area contributed by atoms with Crippen LogP contribution < -0.4 is 5.56 Å². The quantitative estimate of drug-likeness (QED) is 0.512. The first kappa shape index (κ1) is 19.6. The maximum absolute atomic E-state index is 12.8. The highest BCUT2D eigenvalue weighted by atomic mass is 28.3. The number of nitrogens with zero attached hydrogens (tertiary/aromatic N) is 2. The zero-order chi connectivity index (χ0) is 20.2. The molecule has 0 bridgehead atoms. The molecule has 1 spiro atoms. The third-order valence-electron chi connectivity index (χ3n) is 7.16. The highest BCUT2D eigenvalue weighted by Gasteiger charge is 2.47. The van der Waals surface area contributed by atoms with E-state index in [1.807, 2.05) is 6.20 Å². The van der Waals surface area contributed by atoms with E-state index in [-0.39, 0.29) is 5.56 Å².